The average Bonchev–Trinajstić information content (AvgIpc) is 3.98. The number of nitrogens with zero attached hydrogens (tertiary/aromatic N) is 4. The summed E-state index contributed by atoms with van der Waals surface area (Å²) >= 11 is 0. The fourth-order valence-corrected chi connectivity index (χ4v) is 7.15. The summed E-state index contributed by atoms with van der Waals surface area (Å²) in [5.41, 5.74) is 0.899. The van der Waals surface area contributed by atoms with Crippen molar-refractivity contribution >= 4 is 46.5 Å². The zero-order valence-corrected chi connectivity index (χ0v) is 32.2. The van der Waals surface area contributed by atoms with E-state index >= 15 is 8.78 Å². The molecule has 0 spiro atoms. The highest BCUT2D eigenvalue weighted by molar-refractivity contribution is 5.95. The number of aromatic amines is 1. The predicted octanol–water partition coefficient (Wildman–Crippen LogP) is 4.66. The van der Waals surface area contributed by atoms with Gasteiger partial charge in [0.25, 0.3) is 5.56 Å². The number of esters is 1. The van der Waals surface area contributed by atoms with Gasteiger partial charge < -0.3 is 29.4 Å². The Labute approximate surface area is 323 Å². The standard InChI is InChI=1S/C39H48F2N6O7.ClH/c1-4-26-19-27(8-7-24(26)2)42-32-21-33(49)46(39(52)43-32)12-6-5-11-44-13-14-45(22-25(44)3)36-31(40)20-29-35(34(36)41)47(28-9-10-28)23-30(37(29)50)38(51)54-18-17-53-16-15-48;/h7-8,19-21,23,25,28,42,48H,4-6,9-18,22H2,1-3H3,(H,43,52);1H/t25-;/m0./s1. The van der Waals surface area contributed by atoms with E-state index < -0.39 is 34.3 Å². The highest BCUT2D eigenvalue weighted by atomic mass is 35.5. The van der Waals surface area contributed by atoms with Crippen molar-refractivity contribution in [1.29, 1.82) is 0 Å². The van der Waals surface area contributed by atoms with Gasteiger partial charge >= 0.3 is 11.7 Å². The maximum absolute atomic E-state index is 16.4. The predicted molar refractivity (Wildman–Crippen MR) is 209 cm³/mol. The number of pyridine rings is 1. The smallest absolute Gasteiger partial charge is 0.343 e. The number of ether oxygens (including phenoxy) is 2. The summed E-state index contributed by atoms with van der Waals surface area (Å²) in [5, 5.41) is 11.7. The van der Waals surface area contributed by atoms with E-state index in [-0.39, 0.29) is 79.6 Å². The largest absolute Gasteiger partial charge is 0.459 e. The summed E-state index contributed by atoms with van der Waals surface area (Å²) in [6, 6.07) is 8.10. The number of H-pyrrole nitrogens is 1. The number of fused-ring (bicyclic) bond motifs is 1. The highest BCUT2D eigenvalue weighted by Gasteiger charge is 2.33. The van der Waals surface area contributed by atoms with Crippen LogP contribution in [0.3, 0.4) is 0 Å². The van der Waals surface area contributed by atoms with Crippen molar-refractivity contribution in [2.24, 2.45) is 0 Å². The molecule has 1 atom stereocenters. The fraction of sp³-hybridized carbons (Fsp3) is 0.487. The maximum atomic E-state index is 16.4. The summed E-state index contributed by atoms with van der Waals surface area (Å²) < 4.78 is 45.2. The molecule has 6 rings (SSSR count). The van der Waals surface area contributed by atoms with Crippen LogP contribution in [0, 0.1) is 18.6 Å². The molecule has 4 aromatic rings. The second kappa shape index (κ2) is 18.4. The molecule has 1 aliphatic heterocycles. The molecule has 2 aliphatic rings. The van der Waals surface area contributed by atoms with Crippen molar-refractivity contribution in [3.8, 4) is 0 Å². The minimum absolute atomic E-state index is 0. The van der Waals surface area contributed by atoms with E-state index in [1.807, 2.05) is 32.0 Å². The number of aromatic nitrogens is 3. The monoisotopic (exact) mass is 786 g/mol. The lowest BCUT2D eigenvalue weighted by Gasteiger charge is -2.41. The zero-order valence-electron chi connectivity index (χ0n) is 31.4. The number of piperazine rings is 1. The molecule has 0 radical (unpaired) electrons. The molecule has 1 aliphatic carbocycles. The van der Waals surface area contributed by atoms with Gasteiger partial charge in [0.2, 0.25) is 5.43 Å². The Hall–Kier alpha value is -4.57. The van der Waals surface area contributed by atoms with Crippen LogP contribution in [0.15, 0.2) is 50.9 Å². The van der Waals surface area contributed by atoms with Crippen molar-refractivity contribution in [3.63, 3.8) is 0 Å². The number of aliphatic hydroxyl groups excluding tert-OH is 1. The summed E-state index contributed by atoms with van der Waals surface area (Å²) in [6.07, 6.45) is 4.91. The lowest BCUT2D eigenvalue weighted by molar-refractivity contribution is 0.0256. The van der Waals surface area contributed by atoms with Crippen LogP contribution >= 0.6 is 12.4 Å². The number of aliphatic hydroxyl groups is 1. The third-order valence-electron chi connectivity index (χ3n) is 10.2. The Morgan fingerprint density at radius 2 is 1.80 bits per heavy atom. The Balaban J connectivity index is 0.00000580. The van der Waals surface area contributed by atoms with Crippen molar-refractivity contribution in [2.75, 3.05) is 62.8 Å². The Morgan fingerprint density at radius 3 is 2.49 bits per heavy atom. The highest BCUT2D eigenvalue weighted by Crippen LogP contribution is 2.40. The van der Waals surface area contributed by atoms with Crippen molar-refractivity contribution < 1.29 is 28.2 Å². The van der Waals surface area contributed by atoms with Crippen molar-refractivity contribution in [1.82, 2.24) is 19.0 Å². The molecule has 0 bridgehead atoms. The Kier molecular flexibility index (Phi) is 13.9. The Morgan fingerprint density at radius 1 is 1.04 bits per heavy atom. The van der Waals surface area contributed by atoms with Gasteiger partial charge in [-0.15, -0.1) is 12.4 Å². The average molecular weight is 787 g/mol. The SMILES string of the molecule is CCc1cc(Nc2cc(=O)n(CCCCN3CCN(c4c(F)cc5c(=O)c(C(=O)OCCOCCO)cn(C6CC6)c5c4F)C[C@@H]3C)c(=O)[nH]2)ccc1C.Cl. The lowest BCUT2D eigenvalue weighted by Crippen LogP contribution is -2.52. The van der Waals surface area contributed by atoms with E-state index in [9.17, 15) is 19.2 Å². The van der Waals surface area contributed by atoms with Crippen LogP contribution in [0.1, 0.15) is 67.1 Å². The first-order chi connectivity index (χ1) is 26.0. The molecular weight excluding hydrogens is 738 g/mol. The number of benzene rings is 2. The molecule has 2 fully saturated rings. The topological polar surface area (TPSA) is 151 Å². The second-order valence-electron chi connectivity index (χ2n) is 14.0. The van der Waals surface area contributed by atoms with Crippen LogP contribution in [0.4, 0.5) is 26.0 Å². The quantitative estimate of drug-likeness (QED) is 0.108. The molecule has 13 nitrogen and oxygen atoms in total. The van der Waals surface area contributed by atoms with Gasteiger partial charge in [-0.3, -0.25) is 24.0 Å². The lowest BCUT2D eigenvalue weighted by atomic mass is 10.1. The first-order valence-electron chi connectivity index (χ1n) is 18.6. The number of rotatable bonds is 16. The van der Waals surface area contributed by atoms with Crippen molar-refractivity contribution in [3.05, 3.63) is 95.9 Å². The normalized spacial score (nSPS) is 16.0. The van der Waals surface area contributed by atoms with Crippen LogP contribution < -0.4 is 26.9 Å². The molecular formula is C39H49ClF2N6O7. The van der Waals surface area contributed by atoms with E-state index in [0.717, 1.165) is 31.0 Å². The molecule has 3 heterocycles. The molecule has 3 N–H and O–H groups in total. The first-order valence-corrected chi connectivity index (χ1v) is 18.6. The number of unbranched alkanes of at least 4 members (excludes halogenated alkanes) is 1. The summed E-state index contributed by atoms with van der Waals surface area (Å²) in [6.45, 7) is 8.00. The van der Waals surface area contributed by atoms with E-state index in [1.165, 1.54) is 28.0 Å². The van der Waals surface area contributed by atoms with Gasteiger partial charge in [0.1, 0.15) is 29.5 Å². The zero-order chi connectivity index (χ0) is 38.5. The molecule has 1 saturated carbocycles. The van der Waals surface area contributed by atoms with E-state index in [1.54, 1.807) is 9.47 Å². The number of hydrogen-bond acceptors (Lipinski definition) is 10. The molecule has 1 saturated heterocycles. The third-order valence-corrected chi connectivity index (χ3v) is 10.2. The number of aryl methyl sites for hydroxylation is 2. The van der Waals surface area contributed by atoms with Crippen LogP contribution in [-0.2, 0) is 22.4 Å². The van der Waals surface area contributed by atoms with Crippen LogP contribution in [0.2, 0.25) is 0 Å². The summed E-state index contributed by atoms with van der Waals surface area (Å²) in [5.74, 6) is -2.30. The van der Waals surface area contributed by atoms with Gasteiger partial charge in [-0.25, -0.2) is 18.4 Å². The molecule has 0 unspecified atom stereocenters. The van der Waals surface area contributed by atoms with Gasteiger partial charge in [-0.1, -0.05) is 13.0 Å². The minimum Gasteiger partial charge on any atom is -0.459 e. The molecule has 0 amide bonds. The third kappa shape index (κ3) is 9.46. The minimum atomic E-state index is -0.910. The second-order valence-corrected chi connectivity index (χ2v) is 14.0. The van der Waals surface area contributed by atoms with Gasteiger partial charge in [-0.05, 0) is 81.8 Å². The maximum Gasteiger partial charge on any atom is 0.343 e. The van der Waals surface area contributed by atoms with Crippen LogP contribution in [-0.4, -0.2) is 88.7 Å². The molecule has 55 heavy (non-hydrogen) atoms. The number of nitrogens with one attached hydrogen (secondary N) is 2. The molecule has 2 aromatic carbocycles. The number of hydrogen-bond donors (Lipinski definition) is 3. The van der Waals surface area contributed by atoms with E-state index in [0.29, 0.717) is 44.8 Å². The van der Waals surface area contributed by atoms with Gasteiger partial charge in [0.05, 0.1) is 30.7 Å². The Bertz CT molecular complexity index is 2160. The summed E-state index contributed by atoms with van der Waals surface area (Å²) in [4.78, 5) is 58.5. The number of anilines is 3. The van der Waals surface area contributed by atoms with E-state index in [4.69, 9.17) is 14.6 Å². The van der Waals surface area contributed by atoms with Gasteiger partial charge in [0.15, 0.2) is 5.82 Å². The van der Waals surface area contributed by atoms with E-state index in [2.05, 4.69) is 22.1 Å². The van der Waals surface area contributed by atoms with Crippen LogP contribution in [0.25, 0.3) is 10.9 Å². The van der Waals surface area contributed by atoms with Gasteiger partial charge in [0, 0.05) is 56.2 Å². The van der Waals surface area contributed by atoms with Gasteiger partial charge in [-0.2, -0.15) is 0 Å². The molecule has 16 heteroatoms. The number of carbonyl (C=O) groups excluding carboxylic acids is 1. The number of halogens is 3. The van der Waals surface area contributed by atoms with Crippen molar-refractivity contribution in [2.45, 2.75) is 71.5 Å². The molecule has 298 valence electrons. The fourth-order valence-electron chi connectivity index (χ4n) is 7.15. The molecule has 2 aromatic heterocycles. The first kappa shape index (κ1) is 41.6. The van der Waals surface area contributed by atoms with Crippen LogP contribution in [0.5, 0.6) is 0 Å². The number of carbonyl (C=O) groups is 1. The summed E-state index contributed by atoms with van der Waals surface area (Å²) in [7, 11) is 0.